The molecule has 0 atom stereocenters. The number of H-pyrrole nitrogens is 1. The topological polar surface area (TPSA) is 126 Å². The van der Waals surface area contributed by atoms with Gasteiger partial charge in [0, 0.05) is 12.1 Å². The number of amidine groups is 1. The van der Waals surface area contributed by atoms with Gasteiger partial charge in [0.25, 0.3) is 5.56 Å². The summed E-state index contributed by atoms with van der Waals surface area (Å²) in [5, 5.41) is 8.80. The highest BCUT2D eigenvalue weighted by Gasteiger charge is 2.20. The lowest BCUT2D eigenvalue weighted by atomic mass is 10.1. The van der Waals surface area contributed by atoms with Crippen LogP contribution in [0.2, 0.25) is 0 Å². The van der Waals surface area contributed by atoms with E-state index in [1.165, 1.54) is 10.6 Å². The van der Waals surface area contributed by atoms with Crippen molar-refractivity contribution in [1.29, 1.82) is 5.26 Å². The summed E-state index contributed by atoms with van der Waals surface area (Å²) < 4.78 is 7.46. The Morgan fingerprint density at radius 2 is 2.09 bits per heavy atom. The van der Waals surface area contributed by atoms with Gasteiger partial charge >= 0.3 is 5.69 Å². The molecular formula is C24H25N5O3. The Labute approximate surface area is 186 Å². The van der Waals surface area contributed by atoms with Crippen LogP contribution in [0.5, 0.6) is 11.6 Å². The Balaban J connectivity index is 2.67. The summed E-state index contributed by atoms with van der Waals surface area (Å²) >= 11 is 0. The molecule has 0 aliphatic heterocycles. The number of aromatic amines is 1. The third kappa shape index (κ3) is 6.10. The molecule has 0 saturated heterocycles. The molecule has 0 radical (unpaired) electrons. The third-order valence-electron chi connectivity index (χ3n) is 4.40. The van der Waals surface area contributed by atoms with Crippen molar-refractivity contribution in [3.05, 3.63) is 73.5 Å². The van der Waals surface area contributed by atoms with Crippen LogP contribution in [-0.4, -0.2) is 15.4 Å². The van der Waals surface area contributed by atoms with E-state index in [-0.39, 0.29) is 24.2 Å². The zero-order chi connectivity index (χ0) is 23.8. The molecule has 1 aromatic heterocycles. The second-order valence-electron chi connectivity index (χ2n) is 7.52. The van der Waals surface area contributed by atoms with E-state index in [1.807, 2.05) is 32.9 Å². The normalized spacial score (nSPS) is 12.1. The minimum absolute atomic E-state index is 0.0957. The van der Waals surface area contributed by atoms with Gasteiger partial charge in [-0.1, -0.05) is 26.3 Å². The smallest absolute Gasteiger partial charge is 0.331 e. The highest BCUT2D eigenvalue weighted by molar-refractivity contribution is 5.92. The lowest BCUT2D eigenvalue weighted by Crippen LogP contribution is -2.34. The minimum Gasteiger partial charge on any atom is -0.440 e. The largest absolute Gasteiger partial charge is 0.440 e. The van der Waals surface area contributed by atoms with E-state index in [1.54, 1.807) is 31.2 Å². The van der Waals surface area contributed by atoms with Gasteiger partial charge in [-0.3, -0.25) is 14.3 Å². The predicted molar refractivity (Wildman–Crippen MR) is 126 cm³/mol. The van der Waals surface area contributed by atoms with E-state index in [4.69, 9.17) is 22.2 Å². The zero-order valence-corrected chi connectivity index (χ0v) is 18.5. The Kier molecular flexibility index (Phi) is 7.98. The number of allylic oxidation sites excluding steroid dienone is 2. The first kappa shape index (κ1) is 24.0. The molecule has 2 rings (SSSR count). The van der Waals surface area contributed by atoms with E-state index in [0.29, 0.717) is 16.9 Å². The number of nitrogens with two attached hydrogens (primary N) is 1. The summed E-state index contributed by atoms with van der Waals surface area (Å²) in [6.07, 6.45) is 9.69. The number of terminal acetylenes is 1. The second kappa shape index (κ2) is 10.6. The number of nitriles is 1. The quantitative estimate of drug-likeness (QED) is 0.301. The fourth-order valence-corrected chi connectivity index (χ4v) is 3.16. The van der Waals surface area contributed by atoms with Gasteiger partial charge < -0.3 is 10.5 Å². The third-order valence-corrected chi connectivity index (χ3v) is 4.40. The average molecular weight is 431 g/mol. The summed E-state index contributed by atoms with van der Waals surface area (Å²) in [4.78, 5) is 31.3. The van der Waals surface area contributed by atoms with Crippen molar-refractivity contribution >= 4 is 11.9 Å². The van der Waals surface area contributed by atoms with E-state index >= 15 is 0 Å². The molecule has 8 heteroatoms. The fourth-order valence-electron chi connectivity index (χ4n) is 3.16. The standard InChI is InChI=1S/C24H25N5O3/c1-6-27-20(26)12-17(5)14-29-23(21(15(2)3)22(30)28-24(29)31)32-19-11-16(4)10-18(13-19)8-7-9-25/h1,7-8,10-13,15H,14H2,2-5H3,(H2,26,27)(H,28,30,31)/b8-7+,17-12+. The molecule has 0 unspecified atom stereocenters. The molecule has 0 aliphatic carbocycles. The number of nitrogens with one attached hydrogen (secondary N) is 1. The van der Waals surface area contributed by atoms with Crippen LogP contribution in [0.1, 0.15) is 43.4 Å². The maximum atomic E-state index is 12.7. The fraction of sp³-hybridized carbons (Fsp3) is 0.250. The number of aliphatic imine (C=N–C) groups is 1. The van der Waals surface area contributed by atoms with Gasteiger partial charge in [-0.05, 0) is 60.8 Å². The Morgan fingerprint density at radius 3 is 2.72 bits per heavy atom. The van der Waals surface area contributed by atoms with E-state index < -0.39 is 11.2 Å². The van der Waals surface area contributed by atoms with Gasteiger partial charge in [0.2, 0.25) is 5.88 Å². The summed E-state index contributed by atoms with van der Waals surface area (Å²) in [5.74, 6) is 0.468. The van der Waals surface area contributed by atoms with Gasteiger partial charge in [0.15, 0.2) is 0 Å². The number of aromatic nitrogens is 2. The van der Waals surface area contributed by atoms with Crippen molar-refractivity contribution in [1.82, 2.24) is 9.55 Å². The van der Waals surface area contributed by atoms with Crippen molar-refractivity contribution in [3.63, 3.8) is 0 Å². The van der Waals surface area contributed by atoms with Crippen LogP contribution in [0.25, 0.3) is 6.08 Å². The maximum Gasteiger partial charge on any atom is 0.331 e. The first-order chi connectivity index (χ1) is 15.2. The van der Waals surface area contributed by atoms with Crippen molar-refractivity contribution in [3.8, 4) is 30.2 Å². The molecule has 2 aromatic rings. The van der Waals surface area contributed by atoms with Crippen molar-refractivity contribution in [2.24, 2.45) is 10.7 Å². The van der Waals surface area contributed by atoms with Crippen LogP contribution in [0, 0.1) is 30.7 Å². The molecule has 32 heavy (non-hydrogen) atoms. The second-order valence-corrected chi connectivity index (χ2v) is 7.52. The molecular weight excluding hydrogens is 406 g/mol. The SMILES string of the molecule is C#CN=C(N)/C=C(\C)Cn1c(Oc2cc(C)cc(/C=C/C#N)c2)c(C(C)C)c(=O)[nH]c1=O. The Morgan fingerprint density at radius 1 is 1.38 bits per heavy atom. The van der Waals surface area contributed by atoms with Gasteiger partial charge in [-0.25, -0.2) is 4.79 Å². The van der Waals surface area contributed by atoms with Gasteiger partial charge in [0.1, 0.15) is 11.6 Å². The molecule has 0 saturated carbocycles. The van der Waals surface area contributed by atoms with Gasteiger partial charge in [-0.15, -0.1) is 0 Å². The molecule has 1 aromatic carbocycles. The first-order valence-electron chi connectivity index (χ1n) is 9.85. The monoisotopic (exact) mass is 431 g/mol. The van der Waals surface area contributed by atoms with Crippen LogP contribution < -0.4 is 21.7 Å². The maximum absolute atomic E-state index is 12.7. The zero-order valence-electron chi connectivity index (χ0n) is 18.5. The van der Waals surface area contributed by atoms with Gasteiger partial charge in [-0.2, -0.15) is 10.3 Å². The number of aryl methyl sites for hydroxylation is 1. The number of benzene rings is 1. The van der Waals surface area contributed by atoms with Crippen LogP contribution >= 0.6 is 0 Å². The number of ether oxygens (including phenoxy) is 1. The van der Waals surface area contributed by atoms with Crippen molar-refractivity contribution < 1.29 is 4.74 Å². The Bertz CT molecular complexity index is 1290. The molecule has 8 nitrogen and oxygen atoms in total. The summed E-state index contributed by atoms with van der Waals surface area (Å²) in [5.41, 5.74) is 7.26. The number of rotatable bonds is 7. The minimum atomic E-state index is -0.619. The van der Waals surface area contributed by atoms with Crippen LogP contribution in [0.3, 0.4) is 0 Å². The molecule has 0 aliphatic rings. The van der Waals surface area contributed by atoms with Crippen molar-refractivity contribution in [2.75, 3.05) is 0 Å². The van der Waals surface area contributed by atoms with Crippen LogP contribution in [-0.2, 0) is 6.54 Å². The number of nitrogens with zero attached hydrogens (tertiary/aromatic N) is 3. The molecule has 0 fully saturated rings. The molecule has 1 heterocycles. The van der Waals surface area contributed by atoms with Crippen LogP contribution in [0.4, 0.5) is 0 Å². The first-order valence-corrected chi connectivity index (χ1v) is 9.85. The summed E-state index contributed by atoms with van der Waals surface area (Å²) in [7, 11) is 0. The number of hydrogen-bond acceptors (Lipinski definition) is 5. The highest BCUT2D eigenvalue weighted by atomic mass is 16.5. The highest BCUT2D eigenvalue weighted by Crippen LogP contribution is 2.29. The molecule has 0 amide bonds. The Hall–Kier alpha value is -4.30. The molecule has 164 valence electrons. The lowest BCUT2D eigenvalue weighted by Gasteiger charge is -2.19. The van der Waals surface area contributed by atoms with Crippen molar-refractivity contribution in [2.45, 2.75) is 40.2 Å². The summed E-state index contributed by atoms with van der Waals surface area (Å²) in [6, 6.07) is 9.44. The van der Waals surface area contributed by atoms with E-state index in [9.17, 15) is 9.59 Å². The van der Waals surface area contributed by atoms with Crippen LogP contribution in [0.15, 0.2) is 50.5 Å². The molecule has 0 bridgehead atoms. The number of hydrogen-bond donors (Lipinski definition) is 2. The average Bonchev–Trinajstić information content (AvgIpc) is 2.68. The summed E-state index contributed by atoms with van der Waals surface area (Å²) in [6.45, 7) is 7.41. The van der Waals surface area contributed by atoms with E-state index in [0.717, 1.165) is 11.1 Å². The molecule has 3 N–H and O–H groups in total. The molecule has 0 spiro atoms. The van der Waals surface area contributed by atoms with Gasteiger partial charge in [0.05, 0.1) is 18.2 Å². The predicted octanol–water partition coefficient (Wildman–Crippen LogP) is 3.19. The lowest BCUT2D eigenvalue weighted by molar-refractivity contribution is 0.409. The van der Waals surface area contributed by atoms with E-state index in [2.05, 4.69) is 16.0 Å².